The number of carbonyl (C=O) groups is 6. The van der Waals surface area contributed by atoms with Crippen molar-refractivity contribution in [2.45, 2.75) is 64.1 Å². The third kappa shape index (κ3) is 12.2. The Bertz CT molecular complexity index is 682. The molecule has 13 nitrogen and oxygen atoms in total. The van der Waals surface area contributed by atoms with Gasteiger partial charge in [-0.3, -0.25) is 24.0 Å². The first-order valence-electron chi connectivity index (χ1n) is 9.76. The van der Waals surface area contributed by atoms with E-state index in [4.69, 9.17) is 17.2 Å². The summed E-state index contributed by atoms with van der Waals surface area (Å²) in [5.41, 5.74) is 15.4. The molecule has 0 radical (unpaired) electrons. The summed E-state index contributed by atoms with van der Waals surface area (Å²) in [6, 6.07) is -3.73. The number of hydrogen-bond donors (Lipinski definition) is 7. The van der Waals surface area contributed by atoms with E-state index < -0.39 is 60.2 Å². The Hall–Kier alpha value is -3.22. The molecule has 0 rings (SSSR count). The van der Waals surface area contributed by atoms with Crippen molar-refractivity contribution in [1.29, 1.82) is 0 Å². The molecule has 0 aromatic heterocycles. The minimum Gasteiger partial charge on any atom is -0.480 e. The summed E-state index contributed by atoms with van der Waals surface area (Å²) in [7, 11) is 0. The van der Waals surface area contributed by atoms with E-state index in [1.165, 1.54) is 0 Å². The summed E-state index contributed by atoms with van der Waals surface area (Å²) in [5, 5.41) is 16.3. The number of hydrogen-bond acceptors (Lipinski definition) is 7. The fourth-order valence-corrected chi connectivity index (χ4v) is 2.60. The standard InChI is InChI=1S/C18H32N6O7/c1-9(2)7-12(18(30)31)24-17(29)11(4-6-14(21)26)23-16(28)10(3-5-13(20)25)22-15(27)8-19/h9-12H,3-8,19H2,1-2H3,(H2,20,25)(H2,21,26)(H,22,27)(H,23,28)(H,24,29)(H,30,31). The van der Waals surface area contributed by atoms with Gasteiger partial charge >= 0.3 is 5.97 Å². The Kier molecular flexibility index (Phi) is 12.5. The highest BCUT2D eigenvalue weighted by molar-refractivity contribution is 5.94. The molecule has 0 aliphatic rings. The Morgan fingerprint density at radius 1 is 0.774 bits per heavy atom. The second kappa shape index (κ2) is 13.9. The lowest BCUT2D eigenvalue weighted by Gasteiger charge is -2.24. The summed E-state index contributed by atoms with van der Waals surface area (Å²) >= 11 is 0. The van der Waals surface area contributed by atoms with E-state index in [0.29, 0.717) is 0 Å². The van der Waals surface area contributed by atoms with Crippen LogP contribution in [0.1, 0.15) is 46.0 Å². The second-order valence-electron chi connectivity index (χ2n) is 7.42. The van der Waals surface area contributed by atoms with Gasteiger partial charge in [-0.15, -0.1) is 0 Å². The molecular formula is C18H32N6O7. The number of aliphatic carboxylic acids is 1. The van der Waals surface area contributed by atoms with Gasteiger partial charge in [0.15, 0.2) is 0 Å². The molecule has 10 N–H and O–H groups in total. The van der Waals surface area contributed by atoms with Crippen molar-refractivity contribution in [2.24, 2.45) is 23.1 Å². The molecule has 0 bridgehead atoms. The molecule has 0 saturated carbocycles. The molecule has 0 saturated heterocycles. The first-order valence-corrected chi connectivity index (χ1v) is 9.76. The number of nitrogens with two attached hydrogens (primary N) is 3. The molecular weight excluding hydrogens is 412 g/mol. The second-order valence-corrected chi connectivity index (χ2v) is 7.42. The van der Waals surface area contributed by atoms with E-state index in [9.17, 15) is 33.9 Å². The smallest absolute Gasteiger partial charge is 0.326 e. The van der Waals surface area contributed by atoms with Crippen molar-refractivity contribution in [3.63, 3.8) is 0 Å². The molecule has 5 amide bonds. The number of carboxylic acid groups (broad SMARTS) is 1. The van der Waals surface area contributed by atoms with Crippen molar-refractivity contribution < 1.29 is 33.9 Å². The van der Waals surface area contributed by atoms with Crippen LogP contribution in [0.25, 0.3) is 0 Å². The van der Waals surface area contributed by atoms with E-state index >= 15 is 0 Å². The van der Waals surface area contributed by atoms with Crippen LogP contribution in [0.15, 0.2) is 0 Å². The number of carboxylic acids is 1. The molecule has 3 atom stereocenters. The van der Waals surface area contributed by atoms with Gasteiger partial charge in [-0.2, -0.15) is 0 Å². The summed E-state index contributed by atoms with van der Waals surface area (Å²) in [6.45, 7) is 3.14. The zero-order valence-electron chi connectivity index (χ0n) is 17.7. The van der Waals surface area contributed by atoms with Gasteiger partial charge in [0.1, 0.15) is 18.1 Å². The van der Waals surface area contributed by atoms with E-state index in [2.05, 4.69) is 16.0 Å². The van der Waals surface area contributed by atoms with Crippen LogP contribution in [0.4, 0.5) is 0 Å². The Balaban J connectivity index is 5.46. The minimum absolute atomic E-state index is 0.0373. The average Bonchev–Trinajstić information content (AvgIpc) is 2.66. The van der Waals surface area contributed by atoms with Crippen LogP contribution >= 0.6 is 0 Å². The quantitative estimate of drug-likeness (QED) is 0.137. The molecule has 3 unspecified atom stereocenters. The van der Waals surface area contributed by atoms with Crippen LogP contribution in [-0.4, -0.2) is 65.3 Å². The summed E-state index contributed by atoms with van der Waals surface area (Å²) in [4.78, 5) is 70.5. The van der Waals surface area contributed by atoms with E-state index in [1.807, 2.05) is 0 Å². The van der Waals surface area contributed by atoms with E-state index in [0.717, 1.165) is 0 Å². The molecule has 31 heavy (non-hydrogen) atoms. The molecule has 0 aromatic rings. The lowest BCUT2D eigenvalue weighted by Crippen LogP contribution is -2.56. The number of nitrogens with one attached hydrogen (secondary N) is 3. The van der Waals surface area contributed by atoms with Crippen LogP contribution in [-0.2, 0) is 28.8 Å². The van der Waals surface area contributed by atoms with Gasteiger partial charge in [0, 0.05) is 12.8 Å². The minimum atomic E-state index is -1.31. The lowest BCUT2D eigenvalue weighted by atomic mass is 10.0. The Morgan fingerprint density at radius 2 is 1.19 bits per heavy atom. The highest BCUT2D eigenvalue weighted by Gasteiger charge is 2.30. The number of rotatable bonds is 15. The monoisotopic (exact) mass is 444 g/mol. The molecule has 0 spiro atoms. The molecule has 0 heterocycles. The summed E-state index contributed by atoms with van der Waals surface area (Å²) in [5.74, 6) is -5.07. The first kappa shape index (κ1) is 27.8. The zero-order valence-corrected chi connectivity index (χ0v) is 17.7. The van der Waals surface area contributed by atoms with Gasteiger partial charge in [-0.25, -0.2) is 4.79 Å². The highest BCUT2D eigenvalue weighted by Crippen LogP contribution is 2.07. The van der Waals surface area contributed by atoms with Crippen molar-refractivity contribution in [3.8, 4) is 0 Å². The molecule has 13 heteroatoms. The van der Waals surface area contributed by atoms with Crippen LogP contribution < -0.4 is 33.2 Å². The largest absolute Gasteiger partial charge is 0.480 e. The normalized spacial score (nSPS) is 13.5. The molecule has 0 fully saturated rings. The maximum atomic E-state index is 12.6. The fraction of sp³-hybridized carbons (Fsp3) is 0.667. The third-order valence-corrected chi connectivity index (χ3v) is 4.15. The maximum absolute atomic E-state index is 12.6. The SMILES string of the molecule is CC(C)CC(NC(=O)C(CCC(N)=O)NC(=O)C(CCC(N)=O)NC(=O)CN)C(=O)O. The van der Waals surface area contributed by atoms with Crippen LogP contribution in [0.2, 0.25) is 0 Å². The Labute approximate surface area is 179 Å². The van der Waals surface area contributed by atoms with Crippen molar-refractivity contribution in [1.82, 2.24) is 16.0 Å². The first-order chi connectivity index (χ1) is 14.4. The number of amides is 5. The van der Waals surface area contributed by atoms with Crippen molar-refractivity contribution in [3.05, 3.63) is 0 Å². The van der Waals surface area contributed by atoms with Gasteiger partial charge in [0.05, 0.1) is 6.54 Å². The predicted octanol–water partition coefficient (Wildman–Crippen LogP) is -2.94. The zero-order chi connectivity index (χ0) is 24.1. The van der Waals surface area contributed by atoms with Crippen LogP contribution in [0, 0.1) is 5.92 Å². The molecule has 176 valence electrons. The summed E-state index contributed by atoms with van der Waals surface area (Å²) in [6.07, 6.45) is -0.695. The van der Waals surface area contributed by atoms with Gasteiger partial charge < -0.3 is 38.3 Å². The van der Waals surface area contributed by atoms with Crippen LogP contribution in [0.3, 0.4) is 0 Å². The average molecular weight is 444 g/mol. The van der Waals surface area contributed by atoms with Gasteiger partial charge in [0.2, 0.25) is 29.5 Å². The molecule has 0 aliphatic heterocycles. The Morgan fingerprint density at radius 3 is 1.55 bits per heavy atom. The van der Waals surface area contributed by atoms with Crippen LogP contribution in [0.5, 0.6) is 0 Å². The molecule has 0 aliphatic carbocycles. The fourth-order valence-electron chi connectivity index (χ4n) is 2.60. The van der Waals surface area contributed by atoms with Crippen molar-refractivity contribution in [2.75, 3.05) is 6.54 Å². The third-order valence-electron chi connectivity index (χ3n) is 4.15. The lowest BCUT2D eigenvalue weighted by molar-refractivity contribution is -0.143. The van der Waals surface area contributed by atoms with E-state index in [-0.39, 0.29) is 38.0 Å². The number of carbonyl (C=O) groups excluding carboxylic acids is 5. The number of primary amides is 2. The summed E-state index contributed by atoms with van der Waals surface area (Å²) < 4.78 is 0. The maximum Gasteiger partial charge on any atom is 0.326 e. The van der Waals surface area contributed by atoms with Gasteiger partial charge in [-0.1, -0.05) is 13.8 Å². The van der Waals surface area contributed by atoms with Crippen molar-refractivity contribution >= 4 is 35.5 Å². The highest BCUT2D eigenvalue weighted by atomic mass is 16.4. The van der Waals surface area contributed by atoms with E-state index in [1.54, 1.807) is 13.8 Å². The van der Waals surface area contributed by atoms with Gasteiger partial charge in [0.25, 0.3) is 0 Å². The van der Waals surface area contributed by atoms with Gasteiger partial charge in [-0.05, 0) is 25.2 Å². The predicted molar refractivity (Wildman–Crippen MR) is 109 cm³/mol. The topological polar surface area (TPSA) is 237 Å². The molecule has 0 aromatic carbocycles.